The van der Waals surface area contributed by atoms with Gasteiger partial charge in [-0.05, 0) is 51.1 Å². The van der Waals surface area contributed by atoms with Crippen LogP contribution in [0.25, 0.3) is 22.3 Å². The predicted molar refractivity (Wildman–Crippen MR) is 152 cm³/mol. The second-order valence-electron chi connectivity index (χ2n) is 10.3. The fourth-order valence-electron chi connectivity index (χ4n) is 5.39. The van der Waals surface area contributed by atoms with Gasteiger partial charge in [-0.1, -0.05) is 13.0 Å². The quantitative estimate of drug-likeness (QED) is 0.307. The van der Waals surface area contributed by atoms with Crippen LogP contribution in [-0.4, -0.2) is 80.1 Å². The van der Waals surface area contributed by atoms with Gasteiger partial charge >= 0.3 is 5.97 Å². The molecule has 1 aliphatic heterocycles. The molecule has 1 N–H and O–H groups in total. The summed E-state index contributed by atoms with van der Waals surface area (Å²) < 4.78 is 36.9. The first kappa shape index (κ1) is 28.5. The van der Waals surface area contributed by atoms with Crippen molar-refractivity contribution in [2.24, 2.45) is 0 Å². The highest BCUT2D eigenvalue weighted by molar-refractivity contribution is 5.83. The van der Waals surface area contributed by atoms with Crippen LogP contribution in [0.3, 0.4) is 0 Å². The molecule has 0 saturated carbocycles. The molecule has 0 amide bonds. The number of imidazole rings is 1. The summed E-state index contributed by atoms with van der Waals surface area (Å²) in [5.41, 5.74) is 1.72. The minimum atomic E-state index is -0.686. The lowest BCUT2D eigenvalue weighted by molar-refractivity contribution is -0.148. The third kappa shape index (κ3) is 5.75. The number of halogens is 2. The maximum atomic E-state index is 15.0. The van der Waals surface area contributed by atoms with Crippen molar-refractivity contribution in [3.05, 3.63) is 59.7 Å². The molecule has 4 aromatic rings. The van der Waals surface area contributed by atoms with E-state index in [-0.39, 0.29) is 34.7 Å². The molecule has 1 saturated heterocycles. The van der Waals surface area contributed by atoms with Gasteiger partial charge in [0, 0.05) is 44.0 Å². The molecule has 0 radical (unpaired) electrons. The maximum Gasteiger partial charge on any atom is 0.327 e. The number of hydrogen-bond acceptors (Lipinski definition) is 9. The van der Waals surface area contributed by atoms with Crippen molar-refractivity contribution in [3.63, 3.8) is 0 Å². The second kappa shape index (κ2) is 11.8. The first-order valence-electron chi connectivity index (χ1n) is 13.7. The molecule has 1 aliphatic rings. The Balaban J connectivity index is 1.40. The number of carbonyl (C=O) groups is 1. The van der Waals surface area contributed by atoms with Crippen LogP contribution in [0.1, 0.15) is 44.2 Å². The number of aryl methyl sites for hydroxylation is 1. The number of fused-ring (bicyclic) bond motifs is 1. The molecular weight excluding hydrogens is 530 g/mol. The molecule has 5 rings (SSSR count). The molecule has 0 spiro atoms. The number of ether oxygens (including phenoxy) is 1. The van der Waals surface area contributed by atoms with Gasteiger partial charge in [0.25, 0.3) is 0 Å². The molecule has 1 aromatic carbocycles. The maximum absolute atomic E-state index is 15.0. The molecule has 0 aliphatic carbocycles. The topological polar surface area (TPSA) is 101 Å². The van der Waals surface area contributed by atoms with Crippen LogP contribution in [0.5, 0.6) is 0 Å². The van der Waals surface area contributed by atoms with Crippen LogP contribution in [0, 0.1) is 18.6 Å². The third-order valence-corrected chi connectivity index (χ3v) is 7.44. The number of benzene rings is 1. The number of pyridine rings is 1. The van der Waals surface area contributed by atoms with E-state index in [1.807, 2.05) is 25.3 Å². The highest BCUT2D eigenvalue weighted by atomic mass is 19.1. The van der Waals surface area contributed by atoms with Gasteiger partial charge in [0.2, 0.25) is 5.95 Å². The summed E-state index contributed by atoms with van der Waals surface area (Å²) in [6.45, 7) is 12.1. The van der Waals surface area contributed by atoms with E-state index in [1.165, 1.54) is 13.2 Å². The van der Waals surface area contributed by atoms with E-state index in [9.17, 15) is 9.18 Å². The van der Waals surface area contributed by atoms with E-state index in [2.05, 4.69) is 42.0 Å². The van der Waals surface area contributed by atoms with E-state index >= 15 is 4.39 Å². The Morgan fingerprint density at radius 3 is 2.44 bits per heavy atom. The average Bonchev–Trinajstić information content (AvgIpc) is 3.32. The minimum absolute atomic E-state index is 0.0379. The summed E-state index contributed by atoms with van der Waals surface area (Å²) in [6.07, 6.45) is 2.65. The number of piperazine rings is 1. The van der Waals surface area contributed by atoms with Gasteiger partial charge in [0.05, 0.1) is 18.8 Å². The fourth-order valence-corrected chi connectivity index (χ4v) is 5.39. The van der Waals surface area contributed by atoms with Crippen LogP contribution in [0.4, 0.5) is 20.5 Å². The largest absolute Gasteiger partial charge is 0.468 e. The lowest BCUT2D eigenvalue weighted by Crippen LogP contribution is -2.49. The normalized spacial score (nSPS) is 15.4. The minimum Gasteiger partial charge on any atom is -0.468 e. The molecule has 0 bridgehead atoms. The average molecular weight is 565 g/mol. The number of nitrogens with one attached hydrogen (secondary N) is 1. The SMILES string of the molecule is CCN1CCN(C(C(=O)OC)c2ccc(Nc3ncc(F)c(-c4cc(F)c5nc(C)n(C(C)C)c5c4)n3)nc2)CC1. The number of hydrogen-bond donors (Lipinski definition) is 1. The van der Waals surface area contributed by atoms with Crippen LogP contribution >= 0.6 is 0 Å². The molecule has 41 heavy (non-hydrogen) atoms. The molecule has 3 aromatic heterocycles. The summed E-state index contributed by atoms with van der Waals surface area (Å²) in [5.74, 6) is -0.419. The summed E-state index contributed by atoms with van der Waals surface area (Å²) in [7, 11) is 1.38. The molecule has 1 fully saturated rings. The number of anilines is 2. The van der Waals surface area contributed by atoms with E-state index in [1.54, 1.807) is 24.4 Å². The first-order valence-corrected chi connectivity index (χ1v) is 13.7. The van der Waals surface area contributed by atoms with Crippen molar-refractivity contribution in [1.82, 2.24) is 34.3 Å². The molecule has 1 atom stereocenters. The van der Waals surface area contributed by atoms with Crippen LogP contribution in [-0.2, 0) is 9.53 Å². The van der Waals surface area contributed by atoms with Gasteiger partial charge < -0.3 is 19.5 Å². The Labute approximate surface area is 237 Å². The van der Waals surface area contributed by atoms with Gasteiger partial charge in [-0.2, -0.15) is 0 Å². The standard InChI is InChI=1S/C29H34F2N8O2/c1-6-37-9-11-38(12-10-37)27(28(40)41-5)19-7-8-24(32-15-19)35-29-33-16-22(31)25(36-29)20-13-21(30)26-23(14-20)39(17(2)3)18(4)34-26/h7-8,13-17,27H,6,9-12H2,1-5H3,(H,32,33,35,36). The van der Waals surface area contributed by atoms with Crippen molar-refractivity contribution in [2.45, 2.75) is 39.8 Å². The molecule has 1 unspecified atom stereocenters. The molecule has 12 heteroatoms. The monoisotopic (exact) mass is 564 g/mol. The van der Waals surface area contributed by atoms with E-state index < -0.39 is 17.7 Å². The predicted octanol–water partition coefficient (Wildman–Crippen LogP) is 4.65. The van der Waals surface area contributed by atoms with Crippen molar-refractivity contribution in [3.8, 4) is 11.3 Å². The lowest BCUT2D eigenvalue weighted by Gasteiger charge is -2.37. The number of nitrogens with zero attached hydrogens (tertiary/aromatic N) is 7. The molecule has 216 valence electrons. The summed E-state index contributed by atoms with van der Waals surface area (Å²) in [4.78, 5) is 34.3. The first-order chi connectivity index (χ1) is 19.7. The zero-order valence-electron chi connectivity index (χ0n) is 23.9. The Morgan fingerprint density at radius 2 is 1.80 bits per heavy atom. The van der Waals surface area contributed by atoms with Gasteiger partial charge in [0.15, 0.2) is 11.6 Å². The smallest absolute Gasteiger partial charge is 0.327 e. The van der Waals surface area contributed by atoms with Gasteiger partial charge in [0.1, 0.15) is 28.9 Å². The van der Waals surface area contributed by atoms with Crippen molar-refractivity contribution >= 4 is 28.8 Å². The Bertz CT molecular complexity index is 1550. The molecule has 4 heterocycles. The highest BCUT2D eigenvalue weighted by Gasteiger charge is 2.31. The summed E-state index contributed by atoms with van der Waals surface area (Å²) in [6, 6.07) is 5.89. The van der Waals surface area contributed by atoms with Crippen molar-refractivity contribution in [2.75, 3.05) is 45.2 Å². The van der Waals surface area contributed by atoms with Crippen LogP contribution in [0.15, 0.2) is 36.7 Å². The van der Waals surface area contributed by atoms with Crippen molar-refractivity contribution < 1.29 is 18.3 Å². The zero-order valence-corrected chi connectivity index (χ0v) is 23.9. The Kier molecular flexibility index (Phi) is 8.22. The van der Waals surface area contributed by atoms with Gasteiger partial charge in [-0.3, -0.25) is 4.90 Å². The van der Waals surface area contributed by atoms with Crippen LogP contribution in [0.2, 0.25) is 0 Å². The molecule has 10 nitrogen and oxygen atoms in total. The number of rotatable bonds is 8. The van der Waals surface area contributed by atoms with Gasteiger partial charge in [-0.25, -0.2) is 33.5 Å². The van der Waals surface area contributed by atoms with Gasteiger partial charge in [-0.15, -0.1) is 0 Å². The third-order valence-electron chi connectivity index (χ3n) is 7.44. The zero-order chi connectivity index (χ0) is 29.3. The van der Waals surface area contributed by atoms with Crippen LogP contribution < -0.4 is 5.32 Å². The van der Waals surface area contributed by atoms with E-state index in [0.717, 1.165) is 38.9 Å². The van der Waals surface area contributed by atoms with E-state index in [4.69, 9.17) is 4.74 Å². The Hall–Kier alpha value is -4.03. The van der Waals surface area contributed by atoms with E-state index in [0.29, 0.717) is 22.7 Å². The number of carbonyl (C=O) groups excluding carboxylic acids is 1. The number of esters is 1. The lowest BCUT2D eigenvalue weighted by atomic mass is 10.1. The second-order valence-corrected chi connectivity index (χ2v) is 10.3. The Morgan fingerprint density at radius 1 is 1.05 bits per heavy atom. The molecular formula is C29H34F2N8O2. The summed E-state index contributed by atoms with van der Waals surface area (Å²) in [5, 5.41) is 2.98. The number of methoxy groups -OCH3 is 1. The number of likely N-dealkylation sites (N-methyl/N-ethyl adjacent to an activating group) is 1. The summed E-state index contributed by atoms with van der Waals surface area (Å²) >= 11 is 0. The highest BCUT2D eigenvalue weighted by Crippen LogP contribution is 2.31. The number of aromatic nitrogens is 5. The fraction of sp³-hybridized carbons (Fsp3) is 0.414. The van der Waals surface area contributed by atoms with Crippen molar-refractivity contribution in [1.29, 1.82) is 0 Å².